The first kappa shape index (κ1) is 13.0. The molecule has 3 rings (SSSR count). The molecule has 0 N–H and O–H groups in total. The van der Waals surface area contributed by atoms with Crippen molar-refractivity contribution in [2.75, 3.05) is 6.54 Å². The van der Waals surface area contributed by atoms with E-state index in [4.69, 9.17) is 0 Å². The second kappa shape index (κ2) is 4.23. The van der Waals surface area contributed by atoms with Gasteiger partial charge in [0.05, 0.1) is 12.6 Å². The highest BCUT2D eigenvalue weighted by atomic mass is 32.2. The quantitative estimate of drug-likeness (QED) is 0.773. The predicted octanol–water partition coefficient (Wildman–Crippen LogP) is 3.74. The summed E-state index contributed by atoms with van der Waals surface area (Å²) in [6, 6.07) is 4.73. The largest absolute Gasteiger partial charge is 0.597 e. The molecule has 4 heteroatoms. The third-order valence-corrected chi connectivity index (χ3v) is 6.98. The summed E-state index contributed by atoms with van der Waals surface area (Å²) < 4.78 is 14.7. The lowest BCUT2D eigenvalue weighted by molar-refractivity contribution is -0.0772. The fraction of sp³-hybridized carbons (Fsp3) is 0.714. The summed E-state index contributed by atoms with van der Waals surface area (Å²) >= 11 is 0.930. The lowest BCUT2D eigenvalue weighted by atomic mass is 9.59. The molecule has 1 spiro atoms. The molecule has 0 bridgehead atoms. The molecule has 0 aromatic carbocycles. The van der Waals surface area contributed by atoms with E-state index in [0.29, 0.717) is 11.5 Å². The summed E-state index contributed by atoms with van der Waals surface area (Å²) in [5.74, 6) is 0. The Labute approximate surface area is 117 Å². The number of hydrogen-bond donors (Lipinski definition) is 0. The van der Waals surface area contributed by atoms with Crippen LogP contribution in [0.3, 0.4) is 0 Å². The molecular weight excluding hydrogens is 262 g/mol. The van der Waals surface area contributed by atoms with E-state index in [1.54, 1.807) is 0 Å². The van der Waals surface area contributed by atoms with E-state index in [1.807, 2.05) is 11.3 Å². The zero-order valence-corrected chi connectivity index (χ0v) is 12.9. The maximum absolute atomic E-state index is 12.6. The molecule has 2 heterocycles. The number of rotatable bonds is 2. The van der Waals surface area contributed by atoms with E-state index in [2.05, 4.69) is 42.6 Å². The van der Waals surface area contributed by atoms with Gasteiger partial charge in [0.15, 0.2) is 0 Å². The fourth-order valence-electron chi connectivity index (χ4n) is 3.14. The predicted molar refractivity (Wildman–Crippen MR) is 77.9 cm³/mol. The van der Waals surface area contributed by atoms with Crippen molar-refractivity contribution in [3.8, 4) is 0 Å². The zero-order valence-electron chi connectivity index (χ0n) is 11.3. The minimum Gasteiger partial charge on any atom is -0.597 e. The molecule has 18 heavy (non-hydrogen) atoms. The molecule has 1 aliphatic heterocycles. The molecule has 1 saturated heterocycles. The Morgan fingerprint density at radius 3 is 2.61 bits per heavy atom. The molecule has 1 aromatic heterocycles. The lowest BCUT2D eigenvalue weighted by Crippen LogP contribution is -2.65. The van der Waals surface area contributed by atoms with Crippen LogP contribution in [-0.4, -0.2) is 20.1 Å². The Kier molecular flexibility index (Phi) is 3.05. The Hall–Kier alpha value is -0.0300. The number of nitrogens with zero attached hydrogens (tertiary/aromatic N) is 1. The van der Waals surface area contributed by atoms with E-state index in [9.17, 15) is 4.55 Å². The van der Waals surface area contributed by atoms with Crippen molar-refractivity contribution in [1.82, 2.24) is 4.31 Å². The zero-order chi connectivity index (χ0) is 13.0. The van der Waals surface area contributed by atoms with Crippen LogP contribution in [0.4, 0.5) is 0 Å². The standard InChI is InChI=1S/C14H21NOS2/c1-13(2,3)18(16)15-10-14(7-5-8-14)12(15)11-6-4-9-17-11/h4,6,9,12H,5,7-8,10H2,1-3H3/t12-,18+/m0/s1. The molecule has 2 nitrogen and oxygen atoms in total. The van der Waals surface area contributed by atoms with Gasteiger partial charge in [-0.2, -0.15) is 0 Å². The van der Waals surface area contributed by atoms with Crippen LogP contribution >= 0.6 is 11.3 Å². The van der Waals surface area contributed by atoms with Gasteiger partial charge in [0.25, 0.3) is 0 Å². The van der Waals surface area contributed by atoms with E-state index in [0.717, 1.165) is 6.54 Å². The first-order chi connectivity index (χ1) is 8.44. The smallest absolute Gasteiger partial charge is 0.137 e. The van der Waals surface area contributed by atoms with Gasteiger partial charge in [0.2, 0.25) is 0 Å². The first-order valence-corrected chi connectivity index (χ1v) is 8.65. The highest BCUT2D eigenvalue weighted by molar-refractivity contribution is 7.90. The van der Waals surface area contributed by atoms with Crippen LogP contribution in [0.1, 0.15) is 51.0 Å². The first-order valence-electron chi connectivity index (χ1n) is 6.66. The molecule has 1 saturated carbocycles. The maximum Gasteiger partial charge on any atom is 0.137 e. The van der Waals surface area contributed by atoms with Gasteiger partial charge < -0.3 is 4.55 Å². The Balaban J connectivity index is 1.85. The molecule has 0 radical (unpaired) electrons. The van der Waals surface area contributed by atoms with E-state index < -0.39 is 11.4 Å². The maximum atomic E-state index is 12.6. The van der Waals surface area contributed by atoms with Crippen LogP contribution in [0, 0.1) is 5.41 Å². The molecule has 2 aliphatic rings. The third-order valence-electron chi connectivity index (χ3n) is 4.24. The minimum atomic E-state index is -0.884. The highest BCUT2D eigenvalue weighted by Crippen LogP contribution is 2.62. The highest BCUT2D eigenvalue weighted by Gasteiger charge is 2.62. The lowest BCUT2D eigenvalue weighted by Gasteiger charge is -2.61. The van der Waals surface area contributed by atoms with Crippen molar-refractivity contribution in [2.45, 2.75) is 50.8 Å². The molecule has 2 fully saturated rings. The van der Waals surface area contributed by atoms with Crippen LogP contribution in [0.15, 0.2) is 17.5 Å². The molecule has 1 aliphatic carbocycles. The van der Waals surface area contributed by atoms with Gasteiger partial charge in [-0.25, -0.2) is 0 Å². The summed E-state index contributed by atoms with van der Waals surface area (Å²) in [5, 5.41) is 2.14. The van der Waals surface area contributed by atoms with Crippen LogP contribution < -0.4 is 0 Å². The van der Waals surface area contributed by atoms with E-state index in [-0.39, 0.29) is 4.75 Å². The minimum absolute atomic E-state index is 0.152. The summed E-state index contributed by atoms with van der Waals surface area (Å²) in [6.07, 6.45) is 3.97. The third kappa shape index (κ3) is 1.85. The van der Waals surface area contributed by atoms with Gasteiger partial charge in [-0.05, 0) is 45.1 Å². The SMILES string of the molecule is CC(C)(C)[S@@+]([O-])N1CC2(CCC2)[C@@H]1c1cccs1. The fourth-order valence-corrected chi connectivity index (χ4v) is 5.79. The Morgan fingerprint density at radius 1 is 1.44 bits per heavy atom. The van der Waals surface area contributed by atoms with Gasteiger partial charge in [-0.3, -0.25) is 0 Å². The van der Waals surface area contributed by atoms with Crippen molar-refractivity contribution in [2.24, 2.45) is 5.41 Å². The van der Waals surface area contributed by atoms with Gasteiger partial charge in [0.1, 0.15) is 4.75 Å². The molecular formula is C14H21NOS2. The van der Waals surface area contributed by atoms with E-state index >= 15 is 0 Å². The monoisotopic (exact) mass is 283 g/mol. The molecule has 2 atom stereocenters. The van der Waals surface area contributed by atoms with Crippen molar-refractivity contribution in [3.63, 3.8) is 0 Å². The van der Waals surface area contributed by atoms with Crippen LogP contribution in [0.2, 0.25) is 0 Å². The van der Waals surface area contributed by atoms with Gasteiger partial charge in [0, 0.05) is 21.7 Å². The summed E-state index contributed by atoms with van der Waals surface area (Å²) in [5.41, 5.74) is 0.450. The Morgan fingerprint density at radius 2 is 2.17 bits per heavy atom. The van der Waals surface area contributed by atoms with Crippen LogP contribution in [-0.2, 0) is 11.4 Å². The summed E-state index contributed by atoms with van der Waals surface area (Å²) in [6.45, 7) is 7.24. The van der Waals surface area contributed by atoms with Crippen LogP contribution in [0.5, 0.6) is 0 Å². The van der Waals surface area contributed by atoms with Gasteiger partial charge in [-0.1, -0.05) is 12.5 Å². The topological polar surface area (TPSA) is 26.3 Å². The normalized spacial score (nSPS) is 28.8. The second-order valence-corrected chi connectivity index (χ2v) is 9.74. The van der Waals surface area contributed by atoms with Crippen molar-refractivity contribution < 1.29 is 4.55 Å². The summed E-state index contributed by atoms with van der Waals surface area (Å²) in [4.78, 5) is 1.40. The van der Waals surface area contributed by atoms with E-state index in [1.165, 1.54) is 24.1 Å². The number of thiophene rings is 1. The van der Waals surface area contributed by atoms with Crippen molar-refractivity contribution in [3.05, 3.63) is 22.4 Å². The van der Waals surface area contributed by atoms with Crippen LogP contribution in [0.25, 0.3) is 0 Å². The molecule has 1 aromatic rings. The molecule has 0 unspecified atom stereocenters. The van der Waals surface area contributed by atoms with Crippen molar-refractivity contribution in [1.29, 1.82) is 0 Å². The second-order valence-electron chi connectivity index (χ2n) is 6.57. The Bertz CT molecular complexity index is 420. The van der Waals surface area contributed by atoms with Crippen molar-refractivity contribution >= 4 is 22.7 Å². The van der Waals surface area contributed by atoms with Gasteiger partial charge >= 0.3 is 0 Å². The average Bonchev–Trinajstić information content (AvgIpc) is 2.65. The number of hydrogen-bond acceptors (Lipinski definition) is 3. The average molecular weight is 283 g/mol. The molecule has 100 valence electrons. The molecule has 0 amide bonds. The van der Waals surface area contributed by atoms with Gasteiger partial charge in [-0.15, -0.1) is 15.6 Å². The summed E-state index contributed by atoms with van der Waals surface area (Å²) in [7, 11) is 0.